The van der Waals surface area contributed by atoms with E-state index < -0.39 is 22.7 Å². The number of hydrogen-bond acceptors (Lipinski definition) is 5. The molecule has 11 heteroatoms. The number of amides is 1. The Hall–Kier alpha value is -2.53. The molecule has 2 aromatic rings. The van der Waals surface area contributed by atoms with Crippen molar-refractivity contribution in [3.63, 3.8) is 0 Å². The number of rotatable bonds is 6. The molecule has 7 nitrogen and oxygen atoms in total. The fourth-order valence-electron chi connectivity index (χ4n) is 3.89. The number of nitrogens with zero attached hydrogens (tertiary/aromatic N) is 2. The van der Waals surface area contributed by atoms with E-state index in [9.17, 15) is 22.2 Å². The second kappa shape index (κ2) is 16.3. The number of benzene rings is 1. The van der Waals surface area contributed by atoms with Crippen molar-refractivity contribution in [2.24, 2.45) is 5.92 Å². The van der Waals surface area contributed by atoms with E-state index in [1.807, 2.05) is 0 Å². The SMILES string of the molecule is CC(=O)Nc1ccc(Nc2ncc(C(F)(F)F)c(C)n2)cc1C.CCCC1CCCCC1.CNS(C)=O. The Morgan fingerprint density at radius 2 is 1.78 bits per heavy atom. The quantitative estimate of drug-likeness (QED) is 0.378. The average Bonchev–Trinajstić information content (AvgIpc) is 2.81. The lowest BCUT2D eigenvalue weighted by molar-refractivity contribution is -0.138. The van der Waals surface area contributed by atoms with Crippen LogP contribution in [0.3, 0.4) is 0 Å². The van der Waals surface area contributed by atoms with Crippen molar-refractivity contribution in [2.75, 3.05) is 23.9 Å². The minimum Gasteiger partial charge on any atom is -0.326 e. The smallest absolute Gasteiger partial charge is 0.326 e. The summed E-state index contributed by atoms with van der Waals surface area (Å²) in [7, 11) is 0.826. The Labute approximate surface area is 221 Å². The lowest BCUT2D eigenvalue weighted by Gasteiger charge is -2.20. The summed E-state index contributed by atoms with van der Waals surface area (Å²) in [5.41, 5.74) is 1.05. The predicted octanol–water partition coefficient (Wildman–Crippen LogP) is 6.68. The number of alkyl halides is 3. The maximum atomic E-state index is 12.7. The zero-order valence-corrected chi connectivity index (χ0v) is 23.4. The first kappa shape index (κ1) is 32.5. The number of nitrogens with one attached hydrogen (secondary N) is 3. The standard InChI is InChI=1S/C15H15F3N4O.C9H18.C2H7NOS/c1-8-6-11(4-5-13(8)21-10(3)23)22-14-19-7-12(9(2)20-14)15(16,17)18;1-2-6-9-7-4-3-5-8-9;1-3-5(2)4/h4-7H,1-3H3,(H,21,23)(H,19,20,22);9H,2-8H2,1H3;3H,1-2H3. The molecule has 1 aliphatic rings. The van der Waals surface area contributed by atoms with Gasteiger partial charge >= 0.3 is 6.18 Å². The molecule has 3 N–H and O–H groups in total. The van der Waals surface area contributed by atoms with E-state index in [0.717, 1.165) is 17.7 Å². The molecule has 1 fully saturated rings. The van der Waals surface area contributed by atoms with Crippen molar-refractivity contribution in [2.45, 2.75) is 78.8 Å². The van der Waals surface area contributed by atoms with Gasteiger partial charge in [-0.25, -0.2) is 18.9 Å². The van der Waals surface area contributed by atoms with Gasteiger partial charge in [0.2, 0.25) is 11.9 Å². The summed E-state index contributed by atoms with van der Waals surface area (Å²) in [4.78, 5) is 18.6. The molecule has 0 radical (unpaired) electrons. The number of anilines is 3. The first-order valence-electron chi connectivity index (χ1n) is 12.4. The van der Waals surface area contributed by atoms with Gasteiger partial charge in [0, 0.05) is 30.8 Å². The number of carbonyl (C=O) groups is 1. The van der Waals surface area contributed by atoms with Crippen molar-refractivity contribution in [1.29, 1.82) is 0 Å². The van der Waals surface area contributed by atoms with Crippen LogP contribution in [0.4, 0.5) is 30.5 Å². The first-order chi connectivity index (χ1) is 17.4. The van der Waals surface area contributed by atoms with Crippen LogP contribution in [0.5, 0.6) is 0 Å². The molecule has 37 heavy (non-hydrogen) atoms. The van der Waals surface area contributed by atoms with Crippen molar-refractivity contribution in [3.05, 3.63) is 41.2 Å². The third-order valence-electron chi connectivity index (χ3n) is 5.79. The van der Waals surface area contributed by atoms with Crippen molar-refractivity contribution in [1.82, 2.24) is 14.7 Å². The lowest BCUT2D eigenvalue weighted by atomic mass is 9.86. The summed E-state index contributed by atoms with van der Waals surface area (Å²) in [6.45, 7) is 6.79. The number of halogens is 3. The summed E-state index contributed by atoms with van der Waals surface area (Å²) in [6, 6.07) is 5.10. The molecule has 0 aliphatic heterocycles. The normalized spacial score (nSPS) is 14.4. The Morgan fingerprint density at radius 1 is 1.16 bits per heavy atom. The molecular weight excluding hydrogens is 503 g/mol. The zero-order chi connectivity index (χ0) is 28.0. The molecule has 208 valence electrons. The lowest BCUT2D eigenvalue weighted by Crippen LogP contribution is -2.11. The van der Waals surface area contributed by atoms with Gasteiger partial charge in [0.05, 0.1) is 22.2 Å². The largest absolute Gasteiger partial charge is 0.419 e. The van der Waals surface area contributed by atoms with Crippen LogP contribution in [0.25, 0.3) is 0 Å². The van der Waals surface area contributed by atoms with Gasteiger partial charge in [0.25, 0.3) is 0 Å². The molecule has 1 aromatic heterocycles. The van der Waals surface area contributed by atoms with Crippen LogP contribution < -0.4 is 15.4 Å². The van der Waals surface area contributed by atoms with E-state index in [1.165, 1.54) is 58.8 Å². The molecule has 1 heterocycles. The van der Waals surface area contributed by atoms with Crippen LogP contribution in [0.15, 0.2) is 24.4 Å². The maximum Gasteiger partial charge on any atom is 0.419 e. The molecule has 1 unspecified atom stereocenters. The third-order valence-corrected chi connectivity index (χ3v) is 6.36. The summed E-state index contributed by atoms with van der Waals surface area (Å²) < 4.78 is 50.3. The van der Waals surface area contributed by atoms with E-state index in [1.54, 1.807) is 38.4 Å². The zero-order valence-electron chi connectivity index (χ0n) is 22.6. The predicted molar refractivity (Wildman–Crippen MR) is 145 cm³/mol. The van der Waals surface area contributed by atoms with Crippen molar-refractivity contribution in [3.8, 4) is 0 Å². The van der Waals surface area contributed by atoms with Gasteiger partial charge < -0.3 is 10.6 Å². The second-order valence-corrected chi connectivity index (χ2v) is 10.3. The van der Waals surface area contributed by atoms with E-state index in [4.69, 9.17) is 0 Å². The van der Waals surface area contributed by atoms with Crippen LogP contribution in [0.2, 0.25) is 0 Å². The van der Waals surface area contributed by atoms with Crippen molar-refractivity contribution < 1.29 is 22.2 Å². The molecule has 1 saturated carbocycles. The van der Waals surface area contributed by atoms with Crippen LogP contribution in [-0.4, -0.2) is 33.4 Å². The molecule has 0 spiro atoms. The van der Waals surface area contributed by atoms with Gasteiger partial charge in [-0.2, -0.15) is 13.2 Å². The molecule has 0 bridgehead atoms. The van der Waals surface area contributed by atoms with Gasteiger partial charge in [0.1, 0.15) is 0 Å². The number of aryl methyl sites for hydroxylation is 2. The number of carbonyl (C=O) groups excluding carboxylic acids is 1. The molecular formula is C26H40F3N5O2S. The Bertz CT molecular complexity index is 1010. The molecule has 1 amide bonds. The van der Waals surface area contributed by atoms with E-state index in [0.29, 0.717) is 11.4 Å². The molecule has 3 rings (SSSR count). The van der Waals surface area contributed by atoms with E-state index in [-0.39, 0.29) is 17.5 Å². The Balaban J connectivity index is 0.000000400. The minimum absolute atomic E-state index is 0.0715. The summed E-state index contributed by atoms with van der Waals surface area (Å²) >= 11 is 0. The van der Waals surface area contributed by atoms with Crippen LogP contribution in [0, 0.1) is 19.8 Å². The molecule has 1 atom stereocenters. The number of aromatic nitrogens is 2. The second-order valence-electron chi connectivity index (χ2n) is 8.98. The fraction of sp³-hybridized carbons (Fsp3) is 0.577. The summed E-state index contributed by atoms with van der Waals surface area (Å²) in [5.74, 6) is 0.987. The topological polar surface area (TPSA) is 96.0 Å². The molecule has 1 aromatic carbocycles. The van der Waals surface area contributed by atoms with Gasteiger partial charge in [0.15, 0.2) is 0 Å². The van der Waals surface area contributed by atoms with E-state index in [2.05, 4.69) is 32.2 Å². The fourth-order valence-corrected chi connectivity index (χ4v) is 3.89. The first-order valence-corrected chi connectivity index (χ1v) is 14.0. The maximum absolute atomic E-state index is 12.7. The van der Waals surface area contributed by atoms with Gasteiger partial charge in [-0.1, -0.05) is 51.9 Å². The van der Waals surface area contributed by atoms with Gasteiger partial charge in [-0.15, -0.1) is 0 Å². The third kappa shape index (κ3) is 13.0. The average molecular weight is 544 g/mol. The Kier molecular flexibility index (Phi) is 14.4. The molecule has 0 saturated heterocycles. The number of hydrogen-bond donors (Lipinski definition) is 3. The van der Waals surface area contributed by atoms with E-state index >= 15 is 0 Å². The van der Waals surface area contributed by atoms with Crippen LogP contribution in [-0.2, 0) is 22.0 Å². The highest BCUT2D eigenvalue weighted by atomic mass is 32.2. The van der Waals surface area contributed by atoms with Crippen LogP contribution >= 0.6 is 0 Å². The highest BCUT2D eigenvalue weighted by Crippen LogP contribution is 2.31. The monoisotopic (exact) mass is 543 g/mol. The van der Waals surface area contributed by atoms with Gasteiger partial charge in [-0.05, 0) is 50.6 Å². The molecule has 1 aliphatic carbocycles. The highest BCUT2D eigenvalue weighted by molar-refractivity contribution is 7.82. The summed E-state index contributed by atoms with van der Waals surface area (Å²) in [5, 5.41) is 5.52. The highest BCUT2D eigenvalue weighted by Gasteiger charge is 2.33. The summed E-state index contributed by atoms with van der Waals surface area (Å²) in [6.07, 6.45) is 8.30. The van der Waals surface area contributed by atoms with Gasteiger partial charge in [-0.3, -0.25) is 4.79 Å². The van der Waals surface area contributed by atoms with Crippen LogP contribution in [0.1, 0.15) is 75.6 Å². The van der Waals surface area contributed by atoms with Crippen molar-refractivity contribution >= 4 is 34.2 Å². The minimum atomic E-state index is -4.47. The Morgan fingerprint density at radius 3 is 2.24 bits per heavy atom.